The van der Waals surface area contributed by atoms with Gasteiger partial charge in [0.25, 0.3) is 5.56 Å². The minimum Gasteiger partial charge on any atom is -0.477 e. The molecule has 1 heterocycles. The number of hydrogen-bond acceptors (Lipinski definition) is 2. The van der Waals surface area contributed by atoms with Gasteiger partial charge in [0.15, 0.2) is 0 Å². The van der Waals surface area contributed by atoms with Gasteiger partial charge in [-0.15, -0.1) is 0 Å². The lowest BCUT2D eigenvalue weighted by Gasteiger charge is -2.07. The van der Waals surface area contributed by atoms with E-state index in [2.05, 4.69) is 5.10 Å². The van der Waals surface area contributed by atoms with Crippen LogP contribution in [0.25, 0.3) is 0 Å². The second-order valence-electron chi connectivity index (χ2n) is 3.63. The fourth-order valence-corrected chi connectivity index (χ4v) is 2.02. The average Bonchev–Trinajstić information content (AvgIpc) is 2.64. The van der Waals surface area contributed by atoms with Crippen molar-refractivity contribution >= 4 is 29.2 Å². The van der Waals surface area contributed by atoms with E-state index in [1.165, 1.54) is 4.68 Å². The topological polar surface area (TPSA) is 75.1 Å². The molecule has 1 aromatic carbocycles. The maximum Gasteiger partial charge on any atom is 0.354 e. The van der Waals surface area contributed by atoms with Crippen molar-refractivity contribution in [1.29, 1.82) is 0 Å². The van der Waals surface area contributed by atoms with Crippen molar-refractivity contribution in [3.05, 3.63) is 55.9 Å². The molecule has 2 aromatic rings. The van der Waals surface area contributed by atoms with Crippen LogP contribution >= 0.6 is 23.2 Å². The summed E-state index contributed by atoms with van der Waals surface area (Å²) in [6.07, 6.45) is 0. The molecule has 0 amide bonds. The van der Waals surface area contributed by atoms with E-state index in [0.29, 0.717) is 15.6 Å². The maximum atomic E-state index is 11.2. The first-order chi connectivity index (χ1) is 8.47. The van der Waals surface area contributed by atoms with Crippen molar-refractivity contribution in [1.82, 2.24) is 9.78 Å². The molecule has 18 heavy (non-hydrogen) atoms. The highest BCUT2D eigenvalue weighted by atomic mass is 35.5. The van der Waals surface area contributed by atoms with Gasteiger partial charge in [0.05, 0.1) is 6.54 Å². The predicted octanol–water partition coefficient (Wildman–Crippen LogP) is 2.23. The Morgan fingerprint density at radius 2 is 2.06 bits per heavy atom. The largest absolute Gasteiger partial charge is 0.477 e. The Bertz CT molecular complexity index is 661. The molecule has 0 unspecified atom stereocenters. The first-order valence-electron chi connectivity index (χ1n) is 4.94. The average molecular weight is 287 g/mol. The Hall–Kier alpha value is -1.72. The second kappa shape index (κ2) is 4.88. The van der Waals surface area contributed by atoms with Crippen molar-refractivity contribution in [2.24, 2.45) is 0 Å². The summed E-state index contributed by atoms with van der Waals surface area (Å²) in [7, 11) is 0. The SMILES string of the molecule is O=C(O)c1cc(=O)[nH]n1Cc1ccc(Cl)cc1Cl. The van der Waals surface area contributed by atoms with Crippen molar-refractivity contribution in [2.75, 3.05) is 0 Å². The van der Waals surface area contributed by atoms with Gasteiger partial charge in [-0.3, -0.25) is 14.6 Å². The Morgan fingerprint density at radius 3 is 2.67 bits per heavy atom. The number of carboxylic acids is 1. The zero-order chi connectivity index (χ0) is 13.3. The summed E-state index contributed by atoms with van der Waals surface area (Å²) < 4.78 is 1.22. The van der Waals surface area contributed by atoms with Gasteiger partial charge < -0.3 is 5.11 Å². The molecule has 7 heteroatoms. The molecule has 0 saturated carbocycles. The molecule has 0 aliphatic heterocycles. The number of rotatable bonds is 3. The predicted molar refractivity (Wildman–Crippen MR) is 67.6 cm³/mol. The summed E-state index contributed by atoms with van der Waals surface area (Å²) in [6, 6.07) is 5.89. The molecule has 0 saturated heterocycles. The van der Waals surface area contributed by atoms with E-state index < -0.39 is 11.5 Å². The summed E-state index contributed by atoms with van der Waals surface area (Å²) >= 11 is 11.7. The number of nitrogens with one attached hydrogen (secondary N) is 1. The minimum absolute atomic E-state index is 0.119. The quantitative estimate of drug-likeness (QED) is 0.909. The summed E-state index contributed by atoms with van der Waals surface area (Å²) in [6.45, 7) is 0.153. The smallest absolute Gasteiger partial charge is 0.354 e. The summed E-state index contributed by atoms with van der Waals surface area (Å²) in [5.74, 6) is -1.18. The monoisotopic (exact) mass is 286 g/mol. The van der Waals surface area contributed by atoms with Crippen LogP contribution in [0.2, 0.25) is 10.0 Å². The molecule has 5 nitrogen and oxygen atoms in total. The van der Waals surface area contributed by atoms with Gasteiger partial charge in [-0.1, -0.05) is 29.3 Å². The Kier molecular flexibility index (Phi) is 3.45. The highest BCUT2D eigenvalue weighted by Crippen LogP contribution is 2.21. The third kappa shape index (κ3) is 2.57. The number of nitrogens with zero attached hydrogens (tertiary/aromatic N) is 1. The van der Waals surface area contributed by atoms with Crippen LogP contribution in [0.15, 0.2) is 29.1 Å². The standard InChI is InChI=1S/C11H8Cl2N2O3/c12-7-2-1-6(8(13)3-7)5-15-9(11(17)18)4-10(16)14-15/h1-4H,5H2,(H,14,16)(H,17,18). The number of hydrogen-bond donors (Lipinski definition) is 2. The highest BCUT2D eigenvalue weighted by Gasteiger charge is 2.13. The normalized spacial score (nSPS) is 10.6. The fraction of sp³-hybridized carbons (Fsp3) is 0.0909. The molecular weight excluding hydrogens is 279 g/mol. The molecule has 0 spiro atoms. The van der Waals surface area contributed by atoms with Gasteiger partial charge in [0.1, 0.15) is 5.69 Å². The van der Waals surface area contributed by atoms with E-state index in [0.717, 1.165) is 6.07 Å². The lowest BCUT2D eigenvalue weighted by Crippen LogP contribution is -2.12. The molecule has 0 bridgehead atoms. The van der Waals surface area contributed by atoms with E-state index in [1.54, 1.807) is 18.2 Å². The molecule has 0 atom stereocenters. The summed E-state index contributed by atoms with van der Waals surface area (Å²) in [5.41, 5.74) is 0.0684. The van der Waals surface area contributed by atoms with Crippen molar-refractivity contribution in [3.63, 3.8) is 0 Å². The van der Waals surface area contributed by atoms with Gasteiger partial charge in [-0.2, -0.15) is 0 Å². The van der Waals surface area contributed by atoms with Crippen LogP contribution in [0.4, 0.5) is 0 Å². The number of aromatic nitrogens is 2. The van der Waals surface area contributed by atoms with Crippen molar-refractivity contribution in [2.45, 2.75) is 6.54 Å². The molecule has 0 radical (unpaired) electrons. The highest BCUT2D eigenvalue weighted by molar-refractivity contribution is 6.35. The van der Waals surface area contributed by atoms with Crippen LogP contribution in [-0.2, 0) is 6.54 Å². The number of carbonyl (C=O) groups is 1. The number of aromatic carboxylic acids is 1. The molecule has 94 valence electrons. The van der Waals surface area contributed by atoms with Gasteiger partial charge >= 0.3 is 5.97 Å². The van der Waals surface area contributed by atoms with Crippen LogP contribution in [0.1, 0.15) is 16.1 Å². The fourth-order valence-electron chi connectivity index (χ4n) is 1.55. The Labute approximate surface area is 112 Å². The summed E-state index contributed by atoms with van der Waals surface area (Å²) in [5, 5.41) is 12.2. The van der Waals surface area contributed by atoms with E-state index in [1.807, 2.05) is 0 Å². The number of H-pyrrole nitrogens is 1. The molecular formula is C11H8Cl2N2O3. The Balaban J connectivity index is 2.39. The molecule has 0 aliphatic carbocycles. The van der Waals surface area contributed by atoms with Gasteiger partial charge in [-0.25, -0.2) is 4.79 Å². The Morgan fingerprint density at radius 1 is 1.33 bits per heavy atom. The number of halogens is 2. The maximum absolute atomic E-state index is 11.2. The van der Waals surface area contributed by atoms with Crippen LogP contribution in [0.5, 0.6) is 0 Å². The van der Waals surface area contributed by atoms with Crippen molar-refractivity contribution in [3.8, 4) is 0 Å². The second-order valence-corrected chi connectivity index (χ2v) is 4.48. The van der Waals surface area contributed by atoms with Gasteiger partial charge in [0.2, 0.25) is 0 Å². The van der Waals surface area contributed by atoms with E-state index in [4.69, 9.17) is 28.3 Å². The van der Waals surface area contributed by atoms with E-state index in [9.17, 15) is 9.59 Å². The van der Waals surface area contributed by atoms with Gasteiger partial charge in [0, 0.05) is 16.1 Å². The lowest BCUT2D eigenvalue weighted by atomic mass is 10.2. The third-order valence-corrected chi connectivity index (χ3v) is 2.95. The summed E-state index contributed by atoms with van der Waals surface area (Å²) in [4.78, 5) is 22.1. The first-order valence-corrected chi connectivity index (χ1v) is 5.70. The van der Waals surface area contributed by atoms with Crippen LogP contribution < -0.4 is 5.56 Å². The molecule has 1 aromatic heterocycles. The zero-order valence-corrected chi connectivity index (χ0v) is 10.5. The zero-order valence-electron chi connectivity index (χ0n) is 8.98. The van der Waals surface area contributed by atoms with Crippen LogP contribution in [0, 0.1) is 0 Å². The number of benzene rings is 1. The number of aromatic amines is 1. The molecule has 0 aliphatic rings. The minimum atomic E-state index is -1.18. The van der Waals surface area contributed by atoms with E-state index in [-0.39, 0.29) is 12.2 Å². The van der Waals surface area contributed by atoms with Crippen molar-refractivity contribution < 1.29 is 9.90 Å². The lowest BCUT2D eigenvalue weighted by molar-refractivity contribution is 0.0684. The number of carboxylic acid groups (broad SMARTS) is 1. The third-order valence-electron chi connectivity index (χ3n) is 2.37. The van der Waals surface area contributed by atoms with E-state index >= 15 is 0 Å². The van der Waals surface area contributed by atoms with Crippen LogP contribution in [0.3, 0.4) is 0 Å². The van der Waals surface area contributed by atoms with Crippen LogP contribution in [-0.4, -0.2) is 20.9 Å². The first kappa shape index (κ1) is 12.7. The molecule has 0 fully saturated rings. The molecule has 2 rings (SSSR count). The van der Waals surface area contributed by atoms with Gasteiger partial charge in [-0.05, 0) is 17.7 Å². The molecule has 2 N–H and O–H groups in total.